The van der Waals surface area contributed by atoms with Crippen molar-refractivity contribution in [2.75, 3.05) is 6.54 Å². The van der Waals surface area contributed by atoms with E-state index in [1.54, 1.807) is 0 Å². The molecule has 0 aromatic carbocycles. The quantitative estimate of drug-likeness (QED) is 0.680. The molecule has 15 heavy (non-hydrogen) atoms. The van der Waals surface area contributed by atoms with Crippen LogP contribution in [0, 0.1) is 12.8 Å². The standard InChI is InChI=1S/C9H17N5O/c1-6(2)4-10-9(15)11-5-8-12-7(3)13-14-8/h6H,4-5H2,1-3H3,(H2,10,11,15)(H,12,13,14). The molecule has 0 aliphatic heterocycles. The van der Waals surface area contributed by atoms with Gasteiger partial charge in [-0.05, 0) is 12.8 Å². The Morgan fingerprint density at radius 3 is 2.73 bits per heavy atom. The Labute approximate surface area is 88.9 Å². The molecule has 0 atom stereocenters. The molecule has 0 saturated carbocycles. The van der Waals surface area contributed by atoms with Crippen LogP contribution in [-0.4, -0.2) is 27.8 Å². The molecule has 0 radical (unpaired) electrons. The van der Waals surface area contributed by atoms with Crippen molar-refractivity contribution in [2.45, 2.75) is 27.3 Å². The van der Waals surface area contributed by atoms with E-state index in [0.717, 1.165) is 5.82 Å². The molecule has 0 bridgehead atoms. The molecule has 1 aromatic heterocycles. The summed E-state index contributed by atoms with van der Waals surface area (Å²) in [5, 5.41) is 12.0. The fraction of sp³-hybridized carbons (Fsp3) is 0.667. The number of carbonyl (C=O) groups is 1. The summed E-state index contributed by atoms with van der Waals surface area (Å²) in [4.78, 5) is 15.3. The van der Waals surface area contributed by atoms with Crippen molar-refractivity contribution in [3.63, 3.8) is 0 Å². The van der Waals surface area contributed by atoms with E-state index in [0.29, 0.717) is 24.8 Å². The van der Waals surface area contributed by atoms with Gasteiger partial charge in [-0.2, -0.15) is 5.10 Å². The smallest absolute Gasteiger partial charge is 0.315 e. The topological polar surface area (TPSA) is 82.7 Å². The number of aryl methyl sites for hydroxylation is 1. The van der Waals surface area contributed by atoms with Gasteiger partial charge in [-0.1, -0.05) is 13.8 Å². The number of urea groups is 1. The molecule has 84 valence electrons. The molecule has 6 nitrogen and oxygen atoms in total. The van der Waals surface area contributed by atoms with Gasteiger partial charge in [-0.3, -0.25) is 5.10 Å². The molecule has 0 aliphatic carbocycles. The van der Waals surface area contributed by atoms with Gasteiger partial charge in [0.15, 0.2) is 5.82 Å². The number of amides is 2. The lowest BCUT2D eigenvalue weighted by Gasteiger charge is -2.07. The van der Waals surface area contributed by atoms with Crippen molar-refractivity contribution in [1.82, 2.24) is 25.8 Å². The highest BCUT2D eigenvalue weighted by atomic mass is 16.2. The first-order chi connectivity index (χ1) is 7.08. The molecular weight excluding hydrogens is 194 g/mol. The van der Waals surface area contributed by atoms with E-state index in [2.05, 4.69) is 25.8 Å². The number of H-pyrrole nitrogens is 1. The number of carbonyl (C=O) groups excluding carboxylic acids is 1. The zero-order chi connectivity index (χ0) is 11.3. The maximum absolute atomic E-state index is 11.2. The number of hydrogen-bond donors (Lipinski definition) is 3. The summed E-state index contributed by atoms with van der Waals surface area (Å²) in [6.07, 6.45) is 0. The summed E-state index contributed by atoms with van der Waals surface area (Å²) in [6, 6.07) is -0.189. The normalized spacial score (nSPS) is 10.4. The van der Waals surface area contributed by atoms with E-state index in [4.69, 9.17) is 0 Å². The van der Waals surface area contributed by atoms with Gasteiger partial charge in [-0.15, -0.1) is 0 Å². The first-order valence-corrected chi connectivity index (χ1v) is 4.97. The van der Waals surface area contributed by atoms with Crippen molar-refractivity contribution in [3.8, 4) is 0 Å². The van der Waals surface area contributed by atoms with Gasteiger partial charge < -0.3 is 10.6 Å². The van der Waals surface area contributed by atoms with Crippen LogP contribution >= 0.6 is 0 Å². The molecule has 0 spiro atoms. The summed E-state index contributed by atoms with van der Waals surface area (Å²) in [5.74, 6) is 1.78. The molecule has 1 aromatic rings. The Hall–Kier alpha value is -1.59. The second-order valence-electron chi connectivity index (χ2n) is 3.79. The van der Waals surface area contributed by atoms with E-state index < -0.39 is 0 Å². The highest BCUT2D eigenvalue weighted by molar-refractivity contribution is 5.73. The first-order valence-electron chi connectivity index (χ1n) is 4.97. The monoisotopic (exact) mass is 211 g/mol. The molecule has 2 amide bonds. The van der Waals surface area contributed by atoms with Crippen LogP contribution in [0.25, 0.3) is 0 Å². The second-order valence-corrected chi connectivity index (χ2v) is 3.79. The van der Waals surface area contributed by atoms with Crippen LogP contribution in [0.1, 0.15) is 25.5 Å². The van der Waals surface area contributed by atoms with Gasteiger partial charge in [0.1, 0.15) is 5.82 Å². The van der Waals surface area contributed by atoms with Crippen molar-refractivity contribution < 1.29 is 4.79 Å². The lowest BCUT2D eigenvalue weighted by atomic mass is 10.2. The molecule has 0 unspecified atom stereocenters. The van der Waals surface area contributed by atoms with E-state index >= 15 is 0 Å². The summed E-state index contributed by atoms with van der Waals surface area (Å²) in [5.41, 5.74) is 0. The third-order valence-corrected chi connectivity index (χ3v) is 1.72. The molecule has 3 N–H and O–H groups in total. The van der Waals surface area contributed by atoms with Crippen LogP contribution in [0.15, 0.2) is 0 Å². The van der Waals surface area contributed by atoms with Gasteiger partial charge in [0.2, 0.25) is 0 Å². The maximum Gasteiger partial charge on any atom is 0.315 e. The lowest BCUT2D eigenvalue weighted by Crippen LogP contribution is -2.37. The van der Waals surface area contributed by atoms with E-state index in [1.807, 2.05) is 20.8 Å². The molecule has 0 saturated heterocycles. The minimum Gasteiger partial charge on any atom is -0.338 e. The van der Waals surface area contributed by atoms with Crippen LogP contribution in [-0.2, 0) is 6.54 Å². The Morgan fingerprint density at radius 1 is 1.47 bits per heavy atom. The van der Waals surface area contributed by atoms with Crippen molar-refractivity contribution >= 4 is 6.03 Å². The van der Waals surface area contributed by atoms with E-state index in [9.17, 15) is 4.79 Å². The zero-order valence-corrected chi connectivity index (χ0v) is 9.29. The molecule has 0 aliphatic rings. The summed E-state index contributed by atoms with van der Waals surface area (Å²) >= 11 is 0. The van der Waals surface area contributed by atoms with Gasteiger partial charge in [0.25, 0.3) is 0 Å². The van der Waals surface area contributed by atoms with Crippen molar-refractivity contribution in [1.29, 1.82) is 0 Å². The molecule has 1 rings (SSSR count). The predicted octanol–water partition coefficient (Wildman–Crippen LogP) is 0.568. The lowest BCUT2D eigenvalue weighted by molar-refractivity contribution is 0.239. The molecular formula is C9H17N5O. The third kappa shape index (κ3) is 4.44. The Kier molecular flexibility index (Phi) is 4.08. The summed E-state index contributed by atoms with van der Waals surface area (Å²) in [6.45, 7) is 6.90. The van der Waals surface area contributed by atoms with Crippen LogP contribution < -0.4 is 10.6 Å². The average Bonchev–Trinajstić information content (AvgIpc) is 2.58. The van der Waals surface area contributed by atoms with Gasteiger partial charge in [0, 0.05) is 6.54 Å². The molecule has 6 heteroatoms. The van der Waals surface area contributed by atoms with Crippen molar-refractivity contribution in [3.05, 3.63) is 11.6 Å². The minimum absolute atomic E-state index is 0.189. The first kappa shape index (κ1) is 11.5. The average molecular weight is 211 g/mol. The maximum atomic E-state index is 11.2. The summed E-state index contributed by atoms with van der Waals surface area (Å²) < 4.78 is 0. The number of hydrogen-bond acceptors (Lipinski definition) is 3. The molecule has 1 heterocycles. The van der Waals surface area contributed by atoms with Gasteiger partial charge in [0.05, 0.1) is 6.54 Å². The fourth-order valence-electron chi connectivity index (χ4n) is 0.987. The number of nitrogens with zero attached hydrogens (tertiary/aromatic N) is 2. The predicted molar refractivity (Wildman–Crippen MR) is 56.2 cm³/mol. The van der Waals surface area contributed by atoms with Crippen LogP contribution in [0.5, 0.6) is 0 Å². The van der Waals surface area contributed by atoms with Crippen LogP contribution in [0.3, 0.4) is 0 Å². The number of aromatic nitrogens is 3. The van der Waals surface area contributed by atoms with E-state index in [-0.39, 0.29) is 6.03 Å². The largest absolute Gasteiger partial charge is 0.338 e. The van der Waals surface area contributed by atoms with Crippen LogP contribution in [0.2, 0.25) is 0 Å². The van der Waals surface area contributed by atoms with Crippen molar-refractivity contribution in [2.24, 2.45) is 5.92 Å². The minimum atomic E-state index is -0.189. The highest BCUT2D eigenvalue weighted by Gasteiger charge is 2.03. The fourth-order valence-corrected chi connectivity index (χ4v) is 0.987. The number of rotatable bonds is 4. The van der Waals surface area contributed by atoms with Gasteiger partial charge in [-0.25, -0.2) is 9.78 Å². The van der Waals surface area contributed by atoms with E-state index in [1.165, 1.54) is 0 Å². The Bertz CT molecular complexity index is 320. The SMILES string of the molecule is Cc1nc(CNC(=O)NCC(C)C)n[nH]1. The van der Waals surface area contributed by atoms with Crippen LogP contribution in [0.4, 0.5) is 4.79 Å². The number of nitrogens with one attached hydrogen (secondary N) is 3. The Morgan fingerprint density at radius 2 is 2.20 bits per heavy atom. The van der Waals surface area contributed by atoms with Gasteiger partial charge >= 0.3 is 6.03 Å². The summed E-state index contributed by atoms with van der Waals surface area (Å²) in [7, 11) is 0. The zero-order valence-electron chi connectivity index (χ0n) is 9.29. The number of aromatic amines is 1. The highest BCUT2D eigenvalue weighted by Crippen LogP contribution is 1.90. The Balaban J connectivity index is 2.22. The molecule has 0 fully saturated rings. The third-order valence-electron chi connectivity index (χ3n) is 1.72. The second kappa shape index (κ2) is 5.33.